The number of morpholine rings is 1. The molecule has 3 heterocycles. The predicted octanol–water partition coefficient (Wildman–Crippen LogP) is 2.14. The summed E-state index contributed by atoms with van der Waals surface area (Å²) in [4.78, 5) is 4.99. The van der Waals surface area contributed by atoms with Crippen molar-refractivity contribution in [3.05, 3.63) is 34.9 Å². The van der Waals surface area contributed by atoms with E-state index in [1.807, 2.05) is 12.1 Å². The van der Waals surface area contributed by atoms with Gasteiger partial charge in [-0.15, -0.1) is 10.2 Å². The molecule has 0 aliphatic carbocycles. The fourth-order valence-corrected chi connectivity index (χ4v) is 4.69. The highest BCUT2D eigenvalue weighted by Gasteiger charge is 2.36. The minimum Gasteiger partial charge on any atom is -0.385 e. The summed E-state index contributed by atoms with van der Waals surface area (Å²) in [5, 5.41) is 9.00. The number of halogens is 1. The number of hydrogen-bond donors (Lipinski definition) is 1. The Morgan fingerprint density at radius 2 is 1.97 bits per heavy atom. The summed E-state index contributed by atoms with van der Waals surface area (Å²) in [6.07, 6.45) is 3.99. The van der Waals surface area contributed by atoms with E-state index in [9.17, 15) is 0 Å². The van der Waals surface area contributed by atoms with Gasteiger partial charge in [-0.25, -0.2) is 0 Å². The van der Waals surface area contributed by atoms with Gasteiger partial charge in [0.05, 0.1) is 25.7 Å². The zero-order chi connectivity index (χ0) is 20.2. The van der Waals surface area contributed by atoms with Crippen molar-refractivity contribution >= 4 is 23.3 Å². The molecule has 0 aromatic heterocycles. The van der Waals surface area contributed by atoms with Gasteiger partial charge in [0.2, 0.25) is 0 Å². The van der Waals surface area contributed by atoms with E-state index >= 15 is 0 Å². The summed E-state index contributed by atoms with van der Waals surface area (Å²) in [5.41, 5.74) is 7.08. The molecule has 29 heavy (non-hydrogen) atoms. The monoisotopic (exact) mass is 419 g/mol. The van der Waals surface area contributed by atoms with Crippen LogP contribution >= 0.6 is 11.6 Å². The molecule has 0 radical (unpaired) electrons. The molecule has 2 atom stereocenters. The van der Waals surface area contributed by atoms with E-state index in [-0.39, 0.29) is 6.10 Å². The van der Waals surface area contributed by atoms with Crippen molar-refractivity contribution in [1.29, 1.82) is 0 Å². The SMILES string of the molecule is COC[C@H]1CN(C2CCN(C3=NN=C(N)C3)CC2)C(Cc2ccc(Cl)cc2)CO1. The fraction of sp³-hybridized carbons (Fsp3) is 0.619. The molecule has 0 saturated carbocycles. The van der Waals surface area contributed by atoms with Gasteiger partial charge >= 0.3 is 0 Å². The number of methoxy groups -OCH3 is 1. The molecule has 4 rings (SSSR count). The smallest absolute Gasteiger partial charge is 0.135 e. The molecule has 158 valence electrons. The standard InChI is InChI=1S/C21H30ClN5O2/c1-28-14-19-12-27(18(13-29-19)10-15-2-4-16(22)5-3-15)17-6-8-26(9-7-17)21-11-20(23)24-25-21/h2-5,17-19H,6-14H2,1H3,(H2,23,24)/t18?,19-/m1/s1. The van der Waals surface area contributed by atoms with E-state index in [1.54, 1.807) is 7.11 Å². The lowest BCUT2D eigenvalue weighted by Crippen LogP contribution is -2.58. The van der Waals surface area contributed by atoms with Crippen molar-refractivity contribution in [3.8, 4) is 0 Å². The van der Waals surface area contributed by atoms with Crippen LogP contribution in [0.25, 0.3) is 0 Å². The normalized spacial score (nSPS) is 26.5. The molecular formula is C21H30ClN5O2. The number of piperidine rings is 1. The van der Waals surface area contributed by atoms with Crippen LogP contribution in [0.3, 0.4) is 0 Å². The van der Waals surface area contributed by atoms with Gasteiger partial charge in [0.1, 0.15) is 11.7 Å². The summed E-state index contributed by atoms with van der Waals surface area (Å²) in [7, 11) is 1.74. The Kier molecular flexibility index (Phi) is 6.70. The Morgan fingerprint density at radius 1 is 1.21 bits per heavy atom. The number of hydrogen-bond acceptors (Lipinski definition) is 7. The van der Waals surface area contributed by atoms with Gasteiger partial charge in [-0.3, -0.25) is 4.90 Å². The highest BCUT2D eigenvalue weighted by molar-refractivity contribution is 6.30. The highest BCUT2D eigenvalue weighted by Crippen LogP contribution is 2.26. The maximum atomic E-state index is 6.11. The van der Waals surface area contributed by atoms with Crippen LogP contribution in [0.2, 0.25) is 5.02 Å². The van der Waals surface area contributed by atoms with Crippen LogP contribution in [0, 0.1) is 0 Å². The molecule has 2 N–H and O–H groups in total. The Labute approximate surface area is 177 Å². The fourth-order valence-electron chi connectivity index (χ4n) is 4.57. The minimum absolute atomic E-state index is 0.131. The maximum Gasteiger partial charge on any atom is 0.135 e. The van der Waals surface area contributed by atoms with Crippen molar-refractivity contribution in [2.75, 3.05) is 40.0 Å². The van der Waals surface area contributed by atoms with Crippen LogP contribution in [0.15, 0.2) is 34.5 Å². The molecule has 1 aromatic rings. The Morgan fingerprint density at radius 3 is 2.62 bits per heavy atom. The second kappa shape index (κ2) is 9.43. The third-order valence-corrected chi connectivity index (χ3v) is 6.33. The van der Waals surface area contributed by atoms with Crippen molar-refractivity contribution in [3.63, 3.8) is 0 Å². The average Bonchev–Trinajstić information content (AvgIpc) is 3.17. The van der Waals surface area contributed by atoms with E-state index < -0.39 is 0 Å². The Hall–Kier alpha value is -1.67. The molecule has 8 heteroatoms. The van der Waals surface area contributed by atoms with E-state index in [0.717, 1.165) is 56.4 Å². The molecule has 3 aliphatic rings. The van der Waals surface area contributed by atoms with Crippen LogP contribution in [-0.4, -0.2) is 79.6 Å². The second-order valence-corrected chi connectivity index (χ2v) is 8.53. The maximum absolute atomic E-state index is 6.11. The van der Waals surface area contributed by atoms with Crippen molar-refractivity contribution in [2.45, 2.75) is 43.9 Å². The third-order valence-electron chi connectivity index (χ3n) is 6.08. The number of ether oxygens (including phenoxy) is 2. The number of likely N-dealkylation sites (tertiary alicyclic amines) is 1. The predicted molar refractivity (Wildman–Crippen MR) is 116 cm³/mol. The quantitative estimate of drug-likeness (QED) is 0.791. The number of amidine groups is 2. The van der Waals surface area contributed by atoms with E-state index in [0.29, 0.717) is 30.9 Å². The molecule has 2 saturated heterocycles. The number of rotatable bonds is 5. The van der Waals surface area contributed by atoms with Gasteiger partial charge < -0.3 is 20.1 Å². The van der Waals surface area contributed by atoms with Gasteiger partial charge in [-0.1, -0.05) is 23.7 Å². The topological polar surface area (TPSA) is 75.7 Å². The lowest BCUT2D eigenvalue weighted by Gasteiger charge is -2.47. The lowest BCUT2D eigenvalue weighted by molar-refractivity contribution is -0.105. The first-order chi connectivity index (χ1) is 14.1. The van der Waals surface area contributed by atoms with Gasteiger partial charge in [0.25, 0.3) is 0 Å². The summed E-state index contributed by atoms with van der Waals surface area (Å²) < 4.78 is 11.5. The van der Waals surface area contributed by atoms with Crippen LogP contribution in [0.1, 0.15) is 24.8 Å². The van der Waals surface area contributed by atoms with Crippen LogP contribution in [-0.2, 0) is 15.9 Å². The van der Waals surface area contributed by atoms with Crippen molar-refractivity contribution < 1.29 is 9.47 Å². The summed E-state index contributed by atoms with van der Waals surface area (Å²) in [5.74, 6) is 1.62. The van der Waals surface area contributed by atoms with Crippen LogP contribution in [0.5, 0.6) is 0 Å². The van der Waals surface area contributed by atoms with Crippen LogP contribution < -0.4 is 5.73 Å². The molecule has 1 aromatic carbocycles. The molecule has 2 fully saturated rings. The first kappa shape index (κ1) is 20.6. The molecule has 0 spiro atoms. The molecule has 0 bridgehead atoms. The first-order valence-corrected chi connectivity index (χ1v) is 10.7. The van der Waals surface area contributed by atoms with Gasteiger partial charge in [-0.2, -0.15) is 0 Å². The highest BCUT2D eigenvalue weighted by atomic mass is 35.5. The number of nitrogens with zero attached hydrogens (tertiary/aromatic N) is 4. The van der Waals surface area contributed by atoms with Crippen LogP contribution in [0.4, 0.5) is 0 Å². The minimum atomic E-state index is 0.131. The number of nitrogens with two attached hydrogens (primary N) is 1. The lowest BCUT2D eigenvalue weighted by atomic mass is 9.96. The van der Waals surface area contributed by atoms with Gasteiger partial charge in [0, 0.05) is 43.9 Å². The van der Waals surface area contributed by atoms with Gasteiger partial charge in [-0.05, 0) is 37.0 Å². The summed E-state index contributed by atoms with van der Waals surface area (Å²) in [6.45, 7) is 4.26. The zero-order valence-electron chi connectivity index (χ0n) is 17.0. The molecule has 7 nitrogen and oxygen atoms in total. The number of benzene rings is 1. The molecule has 3 aliphatic heterocycles. The van der Waals surface area contributed by atoms with E-state index in [4.69, 9.17) is 26.8 Å². The summed E-state index contributed by atoms with van der Waals surface area (Å²) in [6, 6.07) is 9.07. The second-order valence-electron chi connectivity index (χ2n) is 8.09. The Balaban J connectivity index is 1.40. The third kappa shape index (κ3) is 5.09. The molecule has 0 amide bonds. The Bertz CT molecular complexity index is 746. The first-order valence-electron chi connectivity index (χ1n) is 10.4. The molecule has 1 unspecified atom stereocenters. The van der Waals surface area contributed by atoms with E-state index in [2.05, 4.69) is 32.1 Å². The molecular weight excluding hydrogens is 390 g/mol. The van der Waals surface area contributed by atoms with Crippen molar-refractivity contribution in [1.82, 2.24) is 9.80 Å². The average molecular weight is 420 g/mol. The summed E-state index contributed by atoms with van der Waals surface area (Å²) >= 11 is 6.06. The van der Waals surface area contributed by atoms with Crippen molar-refractivity contribution in [2.24, 2.45) is 15.9 Å². The van der Waals surface area contributed by atoms with Gasteiger partial charge in [0.15, 0.2) is 0 Å². The zero-order valence-corrected chi connectivity index (χ0v) is 17.7. The van der Waals surface area contributed by atoms with E-state index in [1.165, 1.54) is 5.56 Å². The largest absolute Gasteiger partial charge is 0.385 e.